The van der Waals surface area contributed by atoms with Gasteiger partial charge < -0.3 is 9.15 Å². The summed E-state index contributed by atoms with van der Waals surface area (Å²) in [4.78, 5) is 15.7. The van der Waals surface area contributed by atoms with Gasteiger partial charge in [-0.15, -0.1) is 0 Å². The maximum Gasteiger partial charge on any atom is 0.327 e. The molecular formula is C14H13N3O3. The molecule has 0 aliphatic rings. The molecule has 0 aliphatic heterocycles. The highest BCUT2D eigenvalue weighted by atomic mass is 16.5. The van der Waals surface area contributed by atoms with E-state index in [2.05, 4.69) is 10.1 Å². The van der Waals surface area contributed by atoms with Gasteiger partial charge in [0.2, 0.25) is 5.89 Å². The average Bonchev–Trinajstić information content (AvgIpc) is 3.07. The summed E-state index contributed by atoms with van der Waals surface area (Å²) in [7, 11) is 0. The van der Waals surface area contributed by atoms with Crippen LogP contribution < -0.4 is 0 Å². The number of esters is 1. The fourth-order valence-corrected chi connectivity index (χ4v) is 2.08. The minimum atomic E-state index is -0.320. The van der Waals surface area contributed by atoms with Crippen molar-refractivity contribution in [3.8, 4) is 11.6 Å². The molecule has 0 radical (unpaired) electrons. The third-order valence-electron chi connectivity index (χ3n) is 2.88. The standard InChI is InChI=1S/C14H13N3O3/c1-2-19-12(18)9-17-11-6-4-3-5-10(11)13(16-17)14-15-7-8-20-14/h3-8H,2,9H2,1H3. The molecule has 0 N–H and O–H groups in total. The van der Waals surface area contributed by atoms with Gasteiger partial charge in [-0.05, 0) is 13.0 Å². The number of para-hydroxylation sites is 1. The van der Waals surface area contributed by atoms with Gasteiger partial charge in [-0.25, -0.2) is 4.98 Å². The molecular weight excluding hydrogens is 258 g/mol. The quantitative estimate of drug-likeness (QED) is 0.681. The first-order chi connectivity index (χ1) is 9.79. The number of carbonyl (C=O) groups excluding carboxylic acids is 1. The van der Waals surface area contributed by atoms with Crippen molar-refractivity contribution in [2.75, 3.05) is 6.61 Å². The normalized spacial score (nSPS) is 10.8. The van der Waals surface area contributed by atoms with E-state index in [1.165, 1.54) is 6.26 Å². The highest BCUT2D eigenvalue weighted by Crippen LogP contribution is 2.26. The van der Waals surface area contributed by atoms with Crippen molar-refractivity contribution in [3.05, 3.63) is 36.7 Å². The number of fused-ring (bicyclic) bond motifs is 1. The first-order valence-corrected chi connectivity index (χ1v) is 6.30. The van der Waals surface area contributed by atoms with Gasteiger partial charge >= 0.3 is 5.97 Å². The number of carbonyl (C=O) groups is 1. The molecule has 0 bridgehead atoms. The van der Waals surface area contributed by atoms with Crippen LogP contribution in [0.3, 0.4) is 0 Å². The second-order valence-corrected chi connectivity index (χ2v) is 4.17. The van der Waals surface area contributed by atoms with E-state index >= 15 is 0 Å². The Hall–Kier alpha value is -2.63. The molecule has 0 saturated carbocycles. The van der Waals surface area contributed by atoms with E-state index in [-0.39, 0.29) is 12.5 Å². The van der Waals surface area contributed by atoms with Crippen LogP contribution in [0.25, 0.3) is 22.5 Å². The number of rotatable bonds is 4. The Balaban J connectivity index is 2.07. The molecule has 3 aromatic rings. The van der Waals surface area contributed by atoms with Crippen molar-refractivity contribution in [2.45, 2.75) is 13.5 Å². The summed E-state index contributed by atoms with van der Waals surface area (Å²) in [6.07, 6.45) is 3.06. The summed E-state index contributed by atoms with van der Waals surface area (Å²) in [5.74, 6) is 0.114. The lowest BCUT2D eigenvalue weighted by atomic mass is 10.2. The van der Waals surface area contributed by atoms with Crippen LogP contribution in [-0.4, -0.2) is 27.3 Å². The lowest BCUT2D eigenvalue weighted by Gasteiger charge is -2.02. The van der Waals surface area contributed by atoms with Gasteiger partial charge in [0.15, 0.2) is 5.69 Å². The van der Waals surface area contributed by atoms with Crippen LogP contribution in [0.5, 0.6) is 0 Å². The van der Waals surface area contributed by atoms with Crippen molar-refractivity contribution in [3.63, 3.8) is 0 Å². The lowest BCUT2D eigenvalue weighted by Crippen LogP contribution is -2.14. The molecule has 6 nitrogen and oxygen atoms in total. The molecule has 20 heavy (non-hydrogen) atoms. The Morgan fingerprint density at radius 3 is 3.00 bits per heavy atom. The van der Waals surface area contributed by atoms with E-state index in [0.717, 1.165) is 10.9 Å². The molecule has 0 amide bonds. The summed E-state index contributed by atoms with van der Waals surface area (Å²) in [6.45, 7) is 2.19. The number of benzene rings is 1. The number of aromatic nitrogens is 3. The topological polar surface area (TPSA) is 70.2 Å². The van der Waals surface area contributed by atoms with Crippen molar-refractivity contribution < 1.29 is 13.9 Å². The Labute approximate surface area is 115 Å². The molecule has 0 saturated heterocycles. The fourth-order valence-electron chi connectivity index (χ4n) is 2.08. The van der Waals surface area contributed by atoms with E-state index in [0.29, 0.717) is 18.2 Å². The predicted octanol–water partition coefficient (Wildman–Crippen LogP) is 2.25. The monoisotopic (exact) mass is 271 g/mol. The van der Waals surface area contributed by atoms with Crippen LogP contribution in [0.4, 0.5) is 0 Å². The van der Waals surface area contributed by atoms with E-state index in [1.54, 1.807) is 17.8 Å². The van der Waals surface area contributed by atoms with Gasteiger partial charge in [0.25, 0.3) is 0 Å². The number of oxazole rings is 1. The van der Waals surface area contributed by atoms with Gasteiger partial charge in [0.05, 0.1) is 18.3 Å². The van der Waals surface area contributed by atoms with Crippen molar-refractivity contribution in [1.29, 1.82) is 0 Å². The van der Waals surface area contributed by atoms with Crippen LogP contribution in [0.1, 0.15) is 6.92 Å². The Morgan fingerprint density at radius 2 is 2.25 bits per heavy atom. The van der Waals surface area contributed by atoms with Crippen LogP contribution >= 0.6 is 0 Å². The van der Waals surface area contributed by atoms with Crippen LogP contribution in [-0.2, 0) is 16.1 Å². The summed E-state index contributed by atoms with van der Waals surface area (Å²) in [5.41, 5.74) is 1.46. The van der Waals surface area contributed by atoms with Gasteiger partial charge in [0, 0.05) is 5.39 Å². The van der Waals surface area contributed by atoms with E-state index < -0.39 is 0 Å². The number of hydrogen-bond donors (Lipinski definition) is 0. The predicted molar refractivity (Wildman–Crippen MR) is 71.9 cm³/mol. The smallest absolute Gasteiger partial charge is 0.327 e. The fraction of sp³-hybridized carbons (Fsp3) is 0.214. The third kappa shape index (κ3) is 2.16. The van der Waals surface area contributed by atoms with E-state index in [9.17, 15) is 4.79 Å². The molecule has 0 spiro atoms. The van der Waals surface area contributed by atoms with Crippen LogP contribution in [0, 0.1) is 0 Å². The highest BCUT2D eigenvalue weighted by molar-refractivity contribution is 5.91. The largest absolute Gasteiger partial charge is 0.465 e. The summed E-state index contributed by atoms with van der Waals surface area (Å²) in [6, 6.07) is 7.62. The number of hydrogen-bond acceptors (Lipinski definition) is 5. The summed E-state index contributed by atoms with van der Waals surface area (Å²) >= 11 is 0. The van der Waals surface area contributed by atoms with Gasteiger partial charge in [-0.3, -0.25) is 9.48 Å². The molecule has 0 aliphatic carbocycles. The number of ether oxygens (including phenoxy) is 1. The molecule has 0 fully saturated rings. The van der Waals surface area contributed by atoms with Crippen molar-refractivity contribution in [1.82, 2.24) is 14.8 Å². The maximum atomic E-state index is 11.6. The molecule has 2 heterocycles. The zero-order chi connectivity index (χ0) is 13.9. The minimum Gasteiger partial charge on any atom is -0.465 e. The minimum absolute atomic E-state index is 0.0645. The molecule has 2 aromatic heterocycles. The Morgan fingerprint density at radius 1 is 1.40 bits per heavy atom. The SMILES string of the molecule is CCOC(=O)Cn1nc(-c2ncco2)c2ccccc21. The average molecular weight is 271 g/mol. The van der Waals surface area contributed by atoms with Crippen LogP contribution in [0.15, 0.2) is 41.1 Å². The second-order valence-electron chi connectivity index (χ2n) is 4.17. The van der Waals surface area contributed by atoms with Gasteiger partial charge in [-0.2, -0.15) is 5.10 Å². The Bertz CT molecular complexity index is 731. The molecule has 3 rings (SSSR count). The highest BCUT2D eigenvalue weighted by Gasteiger charge is 2.16. The molecule has 0 atom stereocenters. The zero-order valence-corrected chi connectivity index (χ0v) is 10.9. The molecule has 6 heteroatoms. The first kappa shape index (κ1) is 12.4. The molecule has 1 aromatic carbocycles. The molecule has 102 valence electrons. The summed E-state index contributed by atoms with van der Waals surface area (Å²) in [5, 5.41) is 5.30. The summed E-state index contributed by atoms with van der Waals surface area (Å²) < 4.78 is 11.9. The molecule has 0 unspecified atom stereocenters. The van der Waals surface area contributed by atoms with Gasteiger partial charge in [-0.1, -0.05) is 18.2 Å². The van der Waals surface area contributed by atoms with Crippen LogP contribution in [0.2, 0.25) is 0 Å². The van der Waals surface area contributed by atoms with E-state index in [1.807, 2.05) is 24.3 Å². The Kier molecular flexibility index (Phi) is 3.20. The van der Waals surface area contributed by atoms with Crippen molar-refractivity contribution in [2.24, 2.45) is 0 Å². The van der Waals surface area contributed by atoms with E-state index in [4.69, 9.17) is 9.15 Å². The number of nitrogens with zero attached hydrogens (tertiary/aromatic N) is 3. The van der Waals surface area contributed by atoms with Crippen molar-refractivity contribution >= 4 is 16.9 Å². The second kappa shape index (κ2) is 5.16. The third-order valence-corrected chi connectivity index (χ3v) is 2.88. The lowest BCUT2D eigenvalue weighted by molar-refractivity contribution is -0.143. The maximum absolute atomic E-state index is 11.6. The zero-order valence-electron chi connectivity index (χ0n) is 10.9. The first-order valence-electron chi connectivity index (χ1n) is 6.30. The van der Waals surface area contributed by atoms with Gasteiger partial charge in [0.1, 0.15) is 12.8 Å².